The molecular weight excluding hydrogens is 264 g/mol. The van der Waals surface area contributed by atoms with Gasteiger partial charge in [-0.3, -0.25) is 0 Å². The maximum Gasteiger partial charge on any atom is 0.163 e. The van der Waals surface area contributed by atoms with Gasteiger partial charge in [0.25, 0.3) is 0 Å². The predicted octanol–water partition coefficient (Wildman–Crippen LogP) is 2.53. The van der Waals surface area contributed by atoms with E-state index in [2.05, 4.69) is 34.5 Å². The molecule has 0 aliphatic carbocycles. The Bertz CT molecular complexity index is 470. The van der Waals surface area contributed by atoms with E-state index >= 15 is 0 Å². The summed E-state index contributed by atoms with van der Waals surface area (Å²) in [5.74, 6) is -0.431. The second kappa shape index (κ2) is 6.34. The van der Waals surface area contributed by atoms with Crippen LogP contribution in [0.5, 0.6) is 0 Å². The highest BCUT2D eigenvalue weighted by atomic mass is 16.7. The van der Waals surface area contributed by atoms with Crippen molar-refractivity contribution in [2.24, 2.45) is 0 Å². The van der Waals surface area contributed by atoms with Crippen molar-refractivity contribution in [2.75, 3.05) is 31.1 Å². The van der Waals surface area contributed by atoms with Gasteiger partial charge in [0, 0.05) is 31.9 Å². The molecule has 1 atom stereocenters. The first-order valence-electron chi connectivity index (χ1n) is 7.99. The first-order valence-corrected chi connectivity index (χ1v) is 7.99. The number of para-hydroxylation sites is 1. The van der Waals surface area contributed by atoms with Gasteiger partial charge in [-0.15, -0.1) is 0 Å². The van der Waals surface area contributed by atoms with Crippen molar-refractivity contribution in [3.63, 3.8) is 0 Å². The van der Waals surface area contributed by atoms with Crippen LogP contribution in [-0.4, -0.2) is 38.1 Å². The Balaban J connectivity index is 1.53. The molecule has 0 bridgehead atoms. The van der Waals surface area contributed by atoms with E-state index in [1.807, 2.05) is 13.8 Å². The molecule has 2 fully saturated rings. The van der Waals surface area contributed by atoms with Crippen molar-refractivity contribution in [1.82, 2.24) is 5.32 Å². The normalized spacial score (nSPS) is 24.7. The molecule has 0 aromatic heterocycles. The third kappa shape index (κ3) is 3.76. The molecule has 0 saturated carbocycles. The molecule has 4 heteroatoms. The smallest absolute Gasteiger partial charge is 0.163 e. The Morgan fingerprint density at radius 1 is 1.24 bits per heavy atom. The first-order chi connectivity index (χ1) is 10.1. The maximum absolute atomic E-state index is 5.82. The quantitative estimate of drug-likeness (QED) is 0.903. The lowest BCUT2D eigenvalue weighted by atomic mass is 10.1. The van der Waals surface area contributed by atoms with Crippen LogP contribution < -0.4 is 10.2 Å². The third-order valence-electron chi connectivity index (χ3n) is 4.19. The molecule has 0 amide bonds. The van der Waals surface area contributed by atoms with Crippen LogP contribution in [0.4, 0.5) is 5.69 Å². The van der Waals surface area contributed by atoms with Gasteiger partial charge in [-0.1, -0.05) is 18.2 Å². The van der Waals surface area contributed by atoms with Crippen LogP contribution in [0.1, 0.15) is 32.3 Å². The van der Waals surface area contributed by atoms with Crippen molar-refractivity contribution < 1.29 is 9.47 Å². The van der Waals surface area contributed by atoms with Crippen LogP contribution in [0.3, 0.4) is 0 Å². The molecule has 2 saturated heterocycles. The highest BCUT2D eigenvalue weighted by Gasteiger charge is 2.32. The summed E-state index contributed by atoms with van der Waals surface area (Å²) in [6.45, 7) is 8.69. The minimum Gasteiger partial charge on any atom is -0.371 e. The molecule has 116 valence electrons. The molecule has 0 radical (unpaired) electrons. The number of rotatable bonds is 5. The van der Waals surface area contributed by atoms with Crippen LogP contribution in [-0.2, 0) is 16.0 Å². The molecular formula is C17H26N2O2. The fourth-order valence-electron chi connectivity index (χ4n) is 3.16. The highest BCUT2D eigenvalue weighted by Crippen LogP contribution is 2.25. The van der Waals surface area contributed by atoms with Crippen molar-refractivity contribution in [2.45, 2.75) is 45.1 Å². The number of nitrogens with zero attached hydrogens (tertiary/aromatic N) is 1. The van der Waals surface area contributed by atoms with Crippen LogP contribution in [0.15, 0.2) is 24.3 Å². The largest absolute Gasteiger partial charge is 0.371 e. The van der Waals surface area contributed by atoms with Gasteiger partial charge in [0.05, 0.1) is 12.7 Å². The zero-order chi connectivity index (χ0) is 14.7. The number of hydrogen-bond acceptors (Lipinski definition) is 4. The van der Waals surface area contributed by atoms with Crippen LogP contribution >= 0.6 is 0 Å². The molecule has 3 rings (SSSR count). The van der Waals surface area contributed by atoms with Crippen LogP contribution in [0.2, 0.25) is 0 Å². The lowest BCUT2D eigenvalue weighted by Gasteiger charge is -2.22. The van der Waals surface area contributed by atoms with Crippen molar-refractivity contribution in [3.05, 3.63) is 29.8 Å². The summed E-state index contributed by atoms with van der Waals surface area (Å²) in [5, 5.41) is 3.51. The summed E-state index contributed by atoms with van der Waals surface area (Å²) in [6.07, 6.45) is 2.77. The van der Waals surface area contributed by atoms with Gasteiger partial charge in [-0.05, 0) is 38.3 Å². The van der Waals surface area contributed by atoms with E-state index in [1.54, 1.807) is 0 Å². The molecule has 1 aromatic carbocycles. The Kier molecular flexibility index (Phi) is 4.48. The average molecular weight is 290 g/mol. The number of nitrogens with one attached hydrogen (secondary N) is 1. The van der Waals surface area contributed by atoms with E-state index in [1.165, 1.54) is 37.2 Å². The Hall–Kier alpha value is -1.10. The minimum absolute atomic E-state index is 0.152. The lowest BCUT2D eigenvalue weighted by molar-refractivity contribution is -0.137. The highest BCUT2D eigenvalue weighted by molar-refractivity contribution is 5.54. The second-order valence-corrected chi connectivity index (χ2v) is 6.40. The summed E-state index contributed by atoms with van der Waals surface area (Å²) in [6, 6.07) is 8.71. The van der Waals surface area contributed by atoms with Crippen molar-refractivity contribution >= 4 is 5.69 Å². The summed E-state index contributed by atoms with van der Waals surface area (Å²) in [4.78, 5) is 2.50. The van der Waals surface area contributed by atoms with E-state index < -0.39 is 5.79 Å². The zero-order valence-corrected chi connectivity index (χ0v) is 13.1. The second-order valence-electron chi connectivity index (χ2n) is 6.40. The van der Waals surface area contributed by atoms with Gasteiger partial charge >= 0.3 is 0 Å². The first kappa shape index (κ1) is 14.8. The standard InChI is InChI=1S/C17H26N2O2/c1-17(2)20-13-15(21-17)12-18-11-14-7-3-4-8-16(14)19-9-5-6-10-19/h3-4,7-8,15,18H,5-6,9-13H2,1-2H3. The summed E-state index contributed by atoms with van der Waals surface area (Å²) < 4.78 is 11.4. The Labute approximate surface area is 127 Å². The van der Waals surface area contributed by atoms with Crippen molar-refractivity contribution in [3.8, 4) is 0 Å². The van der Waals surface area contributed by atoms with E-state index in [4.69, 9.17) is 9.47 Å². The Morgan fingerprint density at radius 3 is 2.71 bits per heavy atom. The van der Waals surface area contributed by atoms with E-state index in [-0.39, 0.29) is 6.10 Å². The van der Waals surface area contributed by atoms with Gasteiger partial charge < -0.3 is 19.7 Å². The monoisotopic (exact) mass is 290 g/mol. The number of hydrogen-bond donors (Lipinski definition) is 1. The predicted molar refractivity (Wildman–Crippen MR) is 84.5 cm³/mol. The number of anilines is 1. The van der Waals surface area contributed by atoms with Gasteiger partial charge in [0.1, 0.15) is 0 Å². The number of benzene rings is 1. The topological polar surface area (TPSA) is 33.7 Å². The van der Waals surface area contributed by atoms with Gasteiger partial charge in [0.15, 0.2) is 5.79 Å². The summed E-state index contributed by atoms with van der Waals surface area (Å²) in [5.41, 5.74) is 2.75. The molecule has 2 aliphatic heterocycles. The van der Waals surface area contributed by atoms with Gasteiger partial charge in [-0.25, -0.2) is 0 Å². The minimum atomic E-state index is -0.431. The summed E-state index contributed by atoms with van der Waals surface area (Å²) in [7, 11) is 0. The lowest BCUT2D eigenvalue weighted by Crippen LogP contribution is -2.30. The SMILES string of the molecule is CC1(C)OCC(CNCc2ccccc2N2CCCC2)O1. The maximum atomic E-state index is 5.82. The summed E-state index contributed by atoms with van der Waals surface area (Å²) >= 11 is 0. The molecule has 1 unspecified atom stereocenters. The fraction of sp³-hybridized carbons (Fsp3) is 0.647. The molecule has 4 nitrogen and oxygen atoms in total. The van der Waals surface area contributed by atoms with E-state index in [0.29, 0.717) is 6.61 Å². The van der Waals surface area contributed by atoms with Crippen LogP contribution in [0, 0.1) is 0 Å². The average Bonchev–Trinajstić information content (AvgIpc) is 3.09. The van der Waals surface area contributed by atoms with Gasteiger partial charge in [0.2, 0.25) is 0 Å². The van der Waals surface area contributed by atoms with E-state index in [9.17, 15) is 0 Å². The fourth-order valence-corrected chi connectivity index (χ4v) is 3.16. The molecule has 1 N–H and O–H groups in total. The zero-order valence-electron chi connectivity index (χ0n) is 13.1. The molecule has 2 aliphatic rings. The Morgan fingerprint density at radius 2 is 2.00 bits per heavy atom. The van der Waals surface area contributed by atoms with E-state index in [0.717, 1.165) is 13.1 Å². The molecule has 0 spiro atoms. The molecule has 2 heterocycles. The van der Waals surface area contributed by atoms with Gasteiger partial charge in [-0.2, -0.15) is 0 Å². The van der Waals surface area contributed by atoms with Crippen molar-refractivity contribution in [1.29, 1.82) is 0 Å². The molecule has 1 aromatic rings. The number of ether oxygens (including phenoxy) is 2. The third-order valence-corrected chi connectivity index (χ3v) is 4.19. The molecule has 21 heavy (non-hydrogen) atoms. The van der Waals surface area contributed by atoms with Crippen LogP contribution in [0.25, 0.3) is 0 Å².